The van der Waals surface area contributed by atoms with E-state index in [1.807, 2.05) is 11.3 Å². The number of nitrogens with zero attached hydrogens (tertiary/aromatic N) is 2. The minimum absolute atomic E-state index is 1.11. The van der Waals surface area contributed by atoms with Crippen LogP contribution in [0.25, 0.3) is 91.8 Å². The lowest BCUT2D eigenvalue weighted by Crippen LogP contribution is -2.11. The van der Waals surface area contributed by atoms with E-state index in [0.29, 0.717) is 0 Å². The van der Waals surface area contributed by atoms with E-state index in [1.165, 1.54) is 91.7 Å². The molecule has 0 aliphatic rings. The number of rotatable bonds is 7. The summed E-state index contributed by atoms with van der Waals surface area (Å²) in [5, 5.41) is 7.67. The van der Waals surface area contributed by atoms with Crippen LogP contribution in [0.15, 0.2) is 224 Å². The van der Waals surface area contributed by atoms with Crippen LogP contribution in [-0.2, 0) is 0 Å². The third kappa shape index (κ3) is 6.09. The molecule has 292 valence electrons. The fourth-order valence-corrected chi connectivity index (χ4v) is 10.7. The van der Waals surface area contributed by atoms with Gasteiger partial charge in [-0.1, -0.05) is 152 Å². The molecule has 0 saturated heterocycles. The van der Waals surface area contributed by atoms with E-state index >= 15 is 0 Å². The van der Waals surface area contributed by atoms with Crippen molar-refractivity contribution < 1.29 is 0 Å². The van der Waals surface area contributed by atoms with Crippen molar-refractivity contribution >= 4 is 81.1 Å². The quantitative estimate of drug-likeness (QED) is 0.156. The SMILES string of the molecule is Cc1cc(-c2cccc(-n3c4ccccc4c4ccccc43)c2)ccc1N(c1ccc(-c2ccc3ccccc3c2)cc1)c1ccc(-c2cccc3c2sc2ccccc23)cc1. The first kappa shape index (κ1) is 36.2. The second kappa shape index (κ2) is 14.8. The van der Waals surface area contributed by atoms with E-state index in [-0.39, 0.29) is 0 Å². The van der Waals surface area contributed by atoms with Crippen LogP contribution in [0, 0.1) is 6.92 Å². The van der Waals surface area contributed by atoms with Gasteiger partial charge in [0.2, 0.25) is 0 Å². The summed E-state index contributed by atoms with van der Waals surface area (Å²) in [6.45, 7) is 2.24. The number of anilines is 3. The van der Waals surface area contributed by atoms with Crippen LogP contribution in [0.2, 0.25) is 0 Å². The number of para-hydroxylation sites is 2. The zero-order valence-corrected chi connectivity index (χ0v) is 35.0. The molecule has 0 amide bonds. The molecule has 62 heavy (non-hydrogen) atoms. The normalized spacial score (nSPS) is 11.6. The Kier molecular flexibility index (Phi) is 8.62. The molecule has 0 N–H and O–H groups in total. The number of fused-ring (bicyclic) bond motifs is 7. The van der Waals surface area contributed by atoms with E-state index in [9.17, 15) is 0 Å². The predicted octanol–water partition coefficient (Wildman–Crippen LogP) is 17.1. The monoisotopic (exact) mass is 808 g/mol. The Bertz CT molecular complexity index is 3590. The fourth-order valence-electron chi connectivity index (χ4n) is 9.47. The van der Waals surface area contributed by atoms with Crippen molar-refractivity contribution in [3.05, 3.63) is 230 Å². The largest absolute Gasteiger partial charge is 0.310 e. The molecule has 2 heterocycles. The van der Waals surface area contributed by atoms with E-state index in [2.05, 4.69) is 241 Å². The molecule has 0 spiro atoms. The first-order chi connectivity index (χ1) is 30.6. The van der Waals surface area contributed by atoms with Crippen LogP contribution in [-0.4, -0.2) is 4.57 Å². The number of hydrogen-bond acceptors (Lipinski definition) is 2. The Hall–Kier alpha value is -7.72. The fraction of sp³-hybridized carbons (Fsp3) is 0.0169. The third-order valence-electron chi connectivity index (χ3n) is 12.5. The van der Waals surface area contributed by atoms with E-state index < -0.39 is 0 Å². The number of aromatic nitrogens is 1. The van der Waals surface area contributed by atoms with Gasteiger partial charge in [-0.2, -0.15) is 0 Å². The lowest BCUT2D eigenvalue weighted by atomic mass is 9.99. The van der Waals surface area contributed by atoms with E-state index in [1.54, 1.807) is 0 Å². The molecule has 12 rings (SSSR count). The van der Waals surface area contributed by atoms with Crippen molar-refractivity contribution in [2.75, 3.05) is 4.90 Å². The molecule has 3 heteroatoms. The smallest absolute Gasteiger partial charge is 0.0541 e. The van der Waals surface area contributed by atoms with Crippen molar-refractivity contribution in [3.63, 3.8) is 0 Å². The molecule has 0 atom stereocenters. The van der Waals surface area contributed by atoms with Gasteiger partial charge < -0.3 is 9.47 Å². The molecule has 0 unspecified atom stereocenters. The first-order valence-corrected chi connectivity index (χ1v) is 22.1. The molecule has 0 aliphatic carbocycles. The van der Waals surface area contributed by atoms with Gasteiger partial charge in [0.05, 0.1) is 11.0 Å². The van der Waals surface area contributed by atoms with Crippen LogP contribution in [0.5, 0.6) is 0 Å². The van der Waals surface area contributed by atoms with E-state index in [0.717, 1.165) is 22.7 Å². The Morgan fingerprint density at radius 1 is 0.387 bits per heavy atom. The number of benzene rings is 10. The zero-order chi connectivity index (χ0) is 41.1. The molecule has 12 aromatic rings. The standard InChI is InChI=1S/C59H40N2S/c1-39-36-45(44-14-10-15-49(38-44)61-56-21-7-4-16-51(56)52-17-5-8-22-57(52)61)30-35-55(39)60(47-31-26-41(27-32-47)46-25-24-40-12-2-3-13-43(40)37-46)48-33-28-42(29-34-48)50-19-11-20-54-53-18-6-9-23-58(53)62-59(50)54/h2-38H,1H3. The van der Waals surface area contributed by atoms with Crippen LogP contribution >= 0.6 is 11.3 Å². The summed E-state index contributed by atoms with van der Waals surface area (Å²) in [6.07, 6.45) is 0. The maximum absolute atomic E-state index is 2.40. The molecule has 0 saturated carbocycles. The molecule has 0 aliphatic heterocycles. The average Bonchev–Trinajstić information content (AvgIpc) is 3.89. The molecule has 2 aromatic heterocycles. The first-order valence-electron chi connectivity index (χ1n) is 21.2. The number of aryl methyl sites for hydroxylation is 1. The third-order valence-corrected chi connectivity index (χ3v) is 13.7. The van der Waals surface area contributed by atoms with Crippen molar-refractivity contribution in [3.8, 4) is 39.1 Å². The summed E-state index contributed by atoms with van der Waals surface area (Å²) < 4.78 is 5.04. The van der Waals surface area contributed by atoms with Gasteiger partial charge in [0.25, 0.3) is 0 Å². The van der Waals surface area contributed by atoms with Gasteiger partial charge in [-0.25, -0.2) is 0 Å². The van der Waals surface area contributed by atoms with Crippen LogP contribution in [0.4, 0.5) is 17.1 Å². The van der Waals surface area contributed by atoms with Gasteiger partial charge in [0, 0.05) is 53.7 Å². The summed E-state index contributed by atoms with van der Waals surface area (Å²) in [6, 6.07) is 82.2. The summed E-state index contributed by atoms with van der Waals surface area (Å²) in [7, 11) is 0. The van der Waals surface area contributed by atoms with Gasteiger partial charge in [0.1, 0.15) is 0 Å². The van der Waals surface area contributed by atoms with Gasteiger partial charge >= 0.3 is 0 Å². The van der Waals surface area contributed by atoms with Crippen molar-refractivity contribution in [1.82, 2.24) is 4.57 Å². The van der Waals surface area contributed by atoms with Gasteiger partial charge in [0.15, 0.2) is 0 Å². The molecule has 0 fully saturated rings. The summed E-state index contributed by atoms with van der Waals surface area (Å²) in [5.41, 5.74) is 15.4. The predicted molar refractivity (Wildman–Crippen MR) is 267 cm³/mol. The average molecular weight is 809 g/mol. The molecular formula is C59H40N2S. The highest BCUT2D eigenvalue weighted by Gasteiger charge is 2.18. The molecule has 10 aromatic carbocycles. The number of thiophene rings is 1. The highest BCUT2D eigenvalue weighted by molar-refractivity contribution is 7.26. The molecule has 2 nitrogen and oxygen atoms in total. The maximum Gasteiger partial charge on any atom is 0.0541 e. The van der Waals surface area contributed by atoms with Crippen molar-refractivity contribution in [2.45, 2.75) is 6.92 Å². The lowest BCUT2D eigenvalue weighted by Gasteiger charge is -2.28. The molecule has 0 radical (unpaired) electrons. The minimum atomic E-state index is 1.11. The summed E-state index contributed by atoms with van der Waals surface area (Å²) in [4.78, 5) is 2.40. The molecule has 0 bridgehead atoms. The zero-order valence-electron chi connectivity index (χ0n) is 34.2. The van der Waals surface area contributed by atoms with Crippen LogP contribution < -0.4 is 4.90 Å². The Labute approximate surface area is 364 Å². The van der Waals surface area contributed by atoms with Crippen molar-refractivity contribution in [1.29, 1.82) is 0 Å². The number of hydrogen-bond donors (Lipinski definition) is 0. The van der Waals surface area contributed by atoms with E-state index in [4.69, 9.17) is 0 Å². The minimum Gasteiger partial charge on any atom is -0.310 e. The highest BCUT2D eigenvalue weighted by atomic mass is 32.1. The topological polar surface area (TPSA) is 8.17 Å². The van der Waals surface area contributed by atoms with Crippen LogP contribution in [0.1, 0.15) is 5.56 Å². The van der Waals surface area contributed by atoms with Crippen molar-refractivity contribution in [2.24, 2.45) is 0 Å². The van der Waals surface area contributed by atoms with Crippen LogP contribution in [0.3, 0.4) is 0 Å². The Morgan fingerprint density at radius 2 is 0.952 bits per heavy atom. The van der Waals surface area contributed by atoms with Gasteiger partial charge in [-0.3, -0.25) is 0 Å². The summed E-state index contributed by atoms with van der Waals surface area (Å²) >= 11 is 1.88. The van der Waals surface area contributed by atoms with Gasteiger partial charge in [-0.05, 0) is 129 Å². The summed E-state index contributed by atoms with van der Waals surface area (Å²) in [5.74, 6) is 0. The second-order valence-corrected chi connectivity index (χ2v) is 17.2. The second-order valence-electron chi connectivity index (χ2n) is 16.2. The Morgan fingerprint density at radius 3 is 1.69 bits per heavy atom. The molecular weight excluding hydrogens is 769 g/mol. The highest BCUT2D eigenvalue weighted by Crippen LogP contribution is 2.43. The lowest BCUT2D eigenvalue weighted by molar-refractivity contribution is 1.18. The maximum atomic E-state index is 2.40. The Balaban J connectivity index is 0.943. The van der Waals surface area contributed by atoms with Gasteiger partial charge in [-0.15, -0.1) is 11.3 Å².